The Kier molecular flexibility index (Phi) is 7.73. The van der Waals surface area contributed by atoms with Gasteiger partial charge in [-0.25, -0.2) is 0 Å². The predicted molar refractivity (Wildman–Crippen MR) is 119 cm³/mol. The van der Waals surface area contributed by atoms with Gasteiger partial charge in [0, 0.05) is 38.9 Å². The van der Waals surface area contributed by atoms with E-state index in [1.165, 1.54) is 0 Å². The molecule has 2 fully saturated rings. The highest BCUT2D eigenvalue weighted by molar-refractivity contribution is 5.94. The first-order valence-corrected chi connectivity index (χ1v) is 11.2. The maximum atomic E-state index is 13.1. The fraction of sp³-hybridized carbons (Fsp3) is 0.667. The summed E-state index contributed by atoms with van der Waals surface area (Å²) >= 11 is 0. The molecule has 31 heavy (non-hydrogen) atoms. The van der Waals surface area contributed by atoms with Crippen LogP contribution in [0, 0.1) is 6.92 Å². The van der Waals surface area contributed by atoms with Crippen LogP contribution in [0.2, 0.25) is 0 Å². The third-order valence-corrected chi connectivity index (χ3v) is 5.94. The second kappa shape index (κ2) is 10.1. The van der Waals surface area contributed by atoms with Crippen LogP contribution in [0.3, 0.4) is 0 Å². The second-order valence-corrected chi connectivity index (χ2v) is 9.19. The number of Topliss-reactive ketones (excluding diaryl/α,β-unsaturated/α-hetero) is 1. The molecule has 0 saturated carbocycles. The molecule has 1 unspecified atom stereocenters. The molecule has 0 aromatic heterocycles. The van der Waals surface area contributed by atoms with Gasteiger partial charge in [0.05, 0.1) is 31.0 Å². The minimum absolute atomic E-state index is 0.0406. The molecule has 0 radical (unpaired) electrons. The van der Waals surface area contributed by atoms with Crippen LogP contribution in [0.1, 0.15) is 49.5 Å². The van der Waals surface area contributed by atoms with Crippen molar-refractivity contribution in [3.8, 4) is 5.75 Å². The number of piperidine rings is 1. The third-order valence-electron chi connectivity index (χ3n) is 5.94. The zero-order chi connectivity index (χ0) is 22.6. The lowest BCUT2D eigenvalue weighted by atomic mass is 9.88. The summed E-state index contributed by atoms with van der Waals surface area (Å²) in [6.07, 6.45) is 1.54. The Bertz CT molecular complexity index is 786. The Morgan fingerprint density at radius 1 is 1.26 bits per heavy atom. The summed E-state index contributed by atoms with van der Waals surface area (Å²) in [6, 6.07) is 5.63. The minimum atomic E-state index is -0.335. The van der Waals surface area contributed by atoms with E-state index in [0.717, 1.165) is 30.7 Å². The van der Waals surface area contributed by atoms with Crippen molar-refractivity contribution in [1.82, 2.24) is 9.80 Å². The molecule has 1 spiro atoms. The second-order valence-electron chi connectivity index (χ2n) is 9.19. The van der Waals surface area contributed by atoms with E-state index in [2.05, 4.69) is 4.90 Å². The lowest BCUT2D eigenvalue weighted by Gasteiger charge is -2.49. The van der Waals surface area contributed by atoms with E-state index in [4.69, 9.17) is 14.2 Å². The van der Waals surface area contributed by atoms with E-state index in [-0.39, 0.29) is 29.5 Å². The Morgan fingerprint density at radius 3 is 2.55 bits per heavy atom. The van der Waals surface area contributed by atoms with Crippen molar-refractivity contribution in [2.75, 3.05) is 46.4 Å². The van der Waals surface area contributed by atoms with Gasteiger partial charge in [-0.15, -0.1) is 0 Å². The number of hydrogen-bond donors (Lipinski definition) is 0. The number of nitrogens with zero attached hydrogens (tertiary/aromatic N) is 2. The molecule has 7 heteroatoms. The first-order chi connectivity index (χ1) is 14.7. The van der Waals surface area contributed by atoms with Crippen LogP contribution < -0.4 is 4.74 Å². The normalized spacial score (nSPS) is 21.5. The summed E-state index contributed by atoms with van der Waals surface area (Å²) in [5.41, 5.74) is 1.31. The van der Waals surface area contributed by atoms with E-state index in [1.807, 2.05) is 43.9 Å². The van der Waals surface area contributed by atoms with E-state index in [9.17, 15) is 9.59 Å². The third kappa shape index (κ3) is 6.05. The van der Waals surface area contributed by atoms with E-state index in [0.29, 0.717) is 38.3 Å². The van der Waals surface area contributed by atoms with Crippen LogP contribution >= 0.6 is 0 Å². The predicted octanol–water partition coefficient (Wildman–Crippen LogP) is 2.69. The Balaban J connectivity index is 1.65. The van der Waals surface area contributed by atoms with Crippen molar-refractivity contribution < 1.29 is 23.8 Å². The Hall–Kier alpha value is -1.96. The van der Waals surface area contributed by atoms with Crippen LogP contribution in [0.25, 0.3) is 0 Å². The standard InChI is InChI=1S/C24H36N2O5/c1-17(2)30-22-7-6-20(12-18(22)3)23(28)26-10-8-24(9-11-26)16-25(13-19(4)27)14-21(31-24)15-29-5/h6-7,12,17,21H,8-11,13-16H2,1-5H3. The largest absolute Gasteiger partial charge is 0.491 e. The van der Waals surface area contributed by atoms with Gasteiger partial charge in [0.1, 0.15) is 11.5 Å². The zero-order valence-corrected chi connectivity index (χ0v) is 19.5. The van der Waals surface area contributed by atoms with Gasteiger partial charge in [0.2, 0.25) is 0 Å². The average molecular weight is 433 g/mol. The molecule has 0 N–H and O–H groups in total. The molecular weight excluding hydrogens is 396 g/mol. The maximum Gasteiger partial charge on any atom is 0.253 e. The highest BCUT2D eigenvalue weighted by atomic mass is 16.5. The van der Waals surface area contributed by atoms with Crippen molar-refractivity contribution >= 4 is 11.7 Å². The van der Waals surface area contributed by atoms with Crippen molar-refractivity contribution in [3.05, 3.63) is 29.3 Å². The van der Waals surface area contributed by atoms with Gasteiger partial charge < -0.3 is 19.1 Å². The number of rotatable bonds is 7. The van der Waals surface area contributed by atoms with Gasteiger partial charge in [-0.1, -0.05) is 0 Å². The van der Waals surface area contributed by atoms with E-state index >= 15 is 0 Å². The zero-order valence-electron chi connectivity index (χ0n) is 19.5. The van der Waals surface area contributed by atoms with E-state index < -0.39 is 0 Å². The molecule has 7 nitrogen and oxygen atoms in total. The molecule has 2 heterocycles. The molecule has 2 saturated heterocycles. The first kappa shape index (κ1) is 23.7. The number of benzene rings is 1. The van der Waals surface area contributed by atoms with Crippen molar-refractivity contribution in [3.63, 3.8) is 0 Å². The number of aryl methyl sites for hydroxylation is 1. The average Bonchev–Trinajstić information content (AvgIpc) is 2.69. The number of ether oxygens (including phenoxy) is 3. The first-order valence-electron chi connectivity index (χ1n) is 11.2. The van der Waals surface area contributed by atoms with Crippen LogP contribution in [0.5, 0.6) is 5.75 Å². The fourth-order valence-electron chi connectivity index (χ4n) is 4.64. The van der Waals surface area contributed by atoms with Gasteiger partial charge in [0.25, 0.3) is 5.91 Å². The van der Waals surface area contributed by atoms with E-state index in [1.54, 1.807) is 14.0 Å². The van der Waals surface area contributed by atoms with Crippen LogP contribution in [-0.4, -0.2) is 85.7 Å². The molecule has 2 aliphatic heterocycles. The quantitative estimate of drug-likeness (QED) is 0.660. The minimum Gasteiger partial charge on any atom is -0.491 e. The van der Waals surface area contributed by atoms with Gasteiger partial charge in [-0.3, -0.25) is 14.5 Å². The molecule has 1 aromatic rings. The molecule has 1 aromatic carbocycles. The molecular formula is C24H36N2O5. The fourth-order valence-corrected chi connectivity index (χ4v) is 4.64. The number of likely N-dealkylation sites (tertiary alicyclic amines) is 1. The number of hydrogen-bond acceptors (Lipinski definition) is 6. The number of amides is 1. The highest BCUT2D eigenvalue weighted by Crippen LogP contribution is 2.33. The number of carbonyl (C=O) groups excluding carboxylic acids is 2. The smallest absolute Gasteiger partial charge is 0.253 e. The van der Waals surface area contributed by atoms with Gasteiger partial charge in [-0.2, -0.15) is 0 Å². The van der Waals surface area contributed by atoms with Crippen molar-refractivity contribution in [1.29, 1.82) is 0 Å². The highest BCUT2D eigenvalue weighted by Gasteiger charge is 2.43. The number of methoxy groups -OCH3 is 1. The lowest BCUT2D eigenvalue weighted by molar-refractivity contribution is -0.185. The SMILES string of the molecule is COCC1CN(CC(C)=O)CC2(CCN(C(=O)c3ccc(OC(C)C)c(C)c3)CC2)O1. The van der Waals surface area contributed by atoms with Crippen molar-refractivity contribution in [2.45, 2.75) is 58.3 Å². The summed E-state index contributed by atoms with van der Waals surface area (Å²) in [6.45, 7) is 11.2. The molecule has 0 aliphatic carbocycles. The summed E-state index contributed by atoms with van der Waals surface area (Å²) in [5, 5.41) is 0. The molecule has 2 aliphatic rings. The van der Waals surface area contributed by atoms with Crippen molar-refractivity contribution in [2.24, 2.45) is 0 Å². The summed E-state index contributed by atoms with van der Waals surface area (Å²) in [7, 11) is 1.67. The Morgan fingerprint density at radius 2 is 1.97 bits per heavy atom. The van der Waals surface area contributed by atoms with Gasteiger partial charge >= 0.3 is 0 Å². The summed E-state index contributed by atoms with van der Waals surface area (Å²) in [4.78, 5) is 28.9. The molecule has 1 atom stereocenters. The summed E-state index contributed by atoms with van der Waals surface area (Å²) < 4.78 is 17.5. The maximum absolute atomic E-state index is 13.1. The number of carbonyl (C=O) groups is 2. The van der Waals surface area contributed by atoms with Crippen LogP contribution in [0.4, 0.5) is 0 Å². The van der Waals surface area contributed by atoms with Crippen LogP contribution in [0.15, 0.2) is 18.2 Å². The van der Waals surface area contributed by atoms with Crippen LogP contribution in [-0.2, 0) is 14.3 Å². The Labute approximate surface area is 185 Å². The number of ketones is 1. The molecule has 3 rings (SSSR count). The molecule has 1 amide bonds. The van der Waals surface area contributed by atoms with Gasteiger partial charge in [0.15, 0.2) is 0 Å². The summed E-state index contributed by atoms with van der Waals surface area (Å²) in [5.74, 6) is 1.01. The topological polar surface area (TPSA) is 68.3 Å². The monoisotopic (exact) mass is 432 g/mol. The van der Waals surface area contributed by atoms with Gasteiger partial charge in [-0.05, 0) is 64.3 Å². The molecule has 172 valence electrons. The molecule has 0 bridgehead atoms. The lowest BCUT2D eigenvalue weighted by Crippen LogP contribution is -2.61. The number of morpholine rings is 1.